The molecule has 0 aromatic carbocycles. The minimum atomic E-state index is -0.584. The van der Waals surface area contributed by atoms with E-state index in [0.29, 0.717) is 12.1 Å². The number of carbonyl (C=O) groups is 2. The van der Waals surface area contributed by atoms with E-state index in [1.54, 1.807) is 18.3 Å². The molecule has 1 saturated heterocycles. The van der Waals surface area contributed by atoms with Gasteiger partial charge in [-0.25, -0.2) is 9.69 Å². The van der Waals surface area contributed by atoms with Gasteiger partial charge in [-0.3, -0.25) is 9.78 Å². The highest BCUT2D eigenvalue weighted by molar-refractivity contribution is 6.03. The predicted molar refractivity (Wildman–Crippen MR) is 46.6 cm³/mol. The maximum Gasteiger partial charge on any atom is 0.416 e. The van der Waals surface area contributed by atoms with E-state index in [1.807, 2.05) is 0 Å². The highest BCUT2D eigenvalue weighted by Crippen LogP contribution is 2.09. The van der Waals surface area contributed by atoms with Gasteiger partial charge < -0.3 is 4.74 Å². The first-order valence-electron chi connectivity index (χ1n) is 4.17. The van der Waals surface area contributed by atoms with Crippen LogP contribution in [0, 0.1) is 0 Å². The summed E-state index contributed by atoms with van der Waals surface area (Å²) in [6, 6.07) is 3.26. The fourth-order valence-corrected chi connectivity index (χ4v) is 1.22. The van der Waals surface area contributed by atoms with E-state index in [2.05, 4.69) is 9.72 Å². The van der Waals surface area contributed by atoms with Crippen LogP contribution in [0.5, 0.6) is 0 Å². The second-order valence-corrected chi connectivity index (χ2v) is 2.81. The average molecular weight is 192 g/mol. The molecular formula is C9H8N2O3. The van der Waals surface area contributed by atoms with Crippen LogP contribution in [0.1, 0.15) is 10.4 Å². The Morgan fingerprint density at radius 1 is 1.57 bits per heavy atom. The maximum absolute atomic E-state index is 11.6. The zero-order valence-corrected chi connectivity index (χ0v) is 7.34. The van der Waals surface area contributed by atoms with Crippen molar-refractivity contribution in [2.24, 2.45) is 0 Å². The quantitative estimate of drug-likeness (QED) is 0.656. The number of imide groups is 1. The summed E-state index contributed by atoms with van der Waals surface area (Å²) in [6.07, 6.45) is 2.41. The molecule has 5 nitrogen and oxygen atoms in total. The third kappa shape index (κ3) is 1.44. The molecule has 1 aromatic rings. The summed E-state index contributed by atoms with van der Waals surface area (Å²) in [5, 5.41) is 0. The molecule has 0 spiro atoms. The van der Waals surface area contributed by atoms with Crippen LogP contribution in [0.2, 0.25) is 0 Å². The van der Waals surface area contributed by atoms with Gasteiger partial charge in [0.1, 0.15) is 6.61 Å². The van der Waals surface area contributed by atoms with Gasteiger partial charge in [0, 0.05) is 12.4 Å². The molecule has 0 aliphatic carbocycles. The first-order chi connectivity index (χ1) is 6.79. The second kappa shape index (κ2) is 3.45. The number of cyclic esters (lactones) is 1. The summed E-state index contributed by atoms with van der Waals surface area (Å²) in [5.41, 5.74) is 0.395. The summed E-state index contributed by atoms with van der Waals surface area (Å²) in [4.78, 5) is 27.6. The number of hydrogen-bond acceptors (Lipinski definition) is 4. The van der Waals surface area contributed by atoms with Crippen molar-refractivity contribution in [2.45, 2.75) is 0 Å². The summed E-state index contributed by atoms with van der Waals surface area (Å²) >= 11 is 0. The van der Waals surface area contributed by atoms with Gasteiger partial charge in [-0.05, 0) is 12.1 Å². The third-order valence-electron chi connectivity index (χ3n) is 1.91. The number of hydrogen-bond donors (Lipinski definition) is 0. The largest absolute Gasteiger partial charge is 0.447 e. The number of pyridine rings is 1. The number of nitrogens with zero attached hydrogens (tertiary/aromatic N) is 2. The molecule has 0 atom stereocenters. The number of ether oxygens (including phenoxy) is 1. The molecule has 0 N–H and O–H groups in total. The van der Waals surface area contributed by atoms with Crippen LogP contribution in [0.15, 0.2) is 24.5 Å². The van der Waals surface area contributed by atoms with Crippen molar-refractivity contribution in [3.05, 3.63) is 30.1 Å². The number of amides is 2. The van der Waals surface area contributed by atoms with Crippen molar-refractivity contribution >= 4 is 12.0 Å². The average Bonchev–Trinajstić information content (AvgIpc) is 2.65. The molecule has 1 aromatic heterocycles. The van der Waals surface area contributed by atoms with E-state index in [0.717, 1.165) is 4.90 Å². The molecule has 2 amide bonds. The number of aromatic nitrogens is 1. The summed E-state index contributed by atoms with van der Waals surface area (Å²) in [7, 11) is 0. The van der Waals surface area contributed by atoms with Crippen molar-refractivity contribution in [2.75, 3.05) is 13.2 Å². The smallest absolute Gasteiger partial charge is 0.416 e. The van der Waals surface area contributed by atoms with Crippen LogP contribution < -0.4 is 0 Å². The lowest BCUT2D eigenvalue weighted by molar-refractivity contribution is 0.0809. The molecule has 1 aliphatic rings. The summed E-state index contributed by atoms with van der Waals surface area (Å²) in [5.74, 6) is -0.361. The van der Waals surface area contributed by atoms with E-state index in [4.69, 9.17) is 0 Å². The van der Waals surface area contributed by atoms with Crippen molar-refractivity contribution in [1.82, 2.24) is 9.88 Å². The highest BCUT2D eigenvalue weighted by Gasteiger charge is 2.29. The van der Waals surface area contributed by atoms with Gasteiger partial charge in [0.25, 0.3) is 5.91 Å². The van der Waals surface area contributed by atoms with E-state index >= 15 is 0 Å². The van der Waals surface area contributed by atoms with Crippen LogP contribution in [-0.4, -0.2) is 35.0 Å². The van der Waals surface area contributed by atoms with Crippen LogP contribution in [-0.2, 0) is 4.74 Å². The molecule has 1 fully saturated rings. The first kappa shape index (κ1) is 8.68. The minimum Gasteiger partial charge on any atom is -0.447 e. The van der Waals surface area contributed by atoms with Crippen LogP contribution in [0.4, 0.5) is 4.79 Å². The standard InChI is InChI=1S/C9H8N2O3/c12-8(7-2-1-3-10-6-7)11-4-5-14-9(11)13/h1-3,6H,4-5H2. The Balaban J connectivity index is 2.20. The first-order valence-corrected chi connectivity index (χ1v) is 4.17. The Kier molecular flexibility index (Phi) is 2.14. The Labute approximate surface area is 80.3 Å². The highest BCUT2D eigenvalue weighted by atomic mass is 16.6. The maximum atomic E-state index is 11.6. The van der Waals surface area contributed by atoms with Crippen LogP contribution in [0.25, 0.3) is 0 Å². The summed E-state index contributed by atoms with van der Waals surface area (Å²) in [6.45, 7) is 0.581. The molecule has 0 bridgehead atoms. The molecule has 72 valence electrons. The monoisotopic (exact) mass is 192 g/mol. The van der Waals surface area contributed by atoms with Gasteiger partial charge in [0.2, 0.25) is 0 Å². The zero-order valence-electron chi connectivity index (χ0n) is 7.34. The molecule has 2 rings (SSSR count). The van der Waals surface area contributed by atoms with Gasteiger partial charge >= 0.3 is 6.09 Å². The van der Waals surface area contributed by atoms with Crippen molar-refractivity contribution < 1.29 is 14.3 Å². The molecule has 0 saturated carbocycles. The molecule has 0 unspecified atom stereocenters. The minimum absolute atomic E-state index is 0.269. The molecule has 14 heavy (non-hydrogen) atoms. The van der Waals surface area contributed by atoms with Crippen molar-refractivity contribution in [3.8, 4) is 0 Å². The van der Waals surface area contributed by atoms with Crippen molar-refractivity contribution in [1.29, 1.82) is 0 Å². The van der Waals surface area contributed by atoms with E-state index in [-0.39, 0.29) is 12.5 Å². The fraction of sp³-hybridized carbons (Fsp3) is 0.222. The van der Waals surface area contributed by atoms with E-state index in [1.165, 1.54) is 6.20 Å². The van der Waals surface area contributed by atoms with Gasteiger partial charge in [0.05, 0.1) is 12.1 Å². The van der Waals surface area contributed by atoms with Gasteiger partial charge in [-0.2, -0.15) is 0 Å². The lowest BCUT2D eigenvalue weighted by atomic mass is 10.2. The van der Waals surface area contributed by atoms with E-state index < -0.39 is 6.09 Å². The Bertz CT molecular complexity index is 364. The number of rotatable bonds is 1. The lowest BCUT2D eigenvalue weighted by Crippen LogP contribution is -2.31. The Morgan fingerprint density at radius 3 is 3.00 bits per heavy atom. The lowest BCUT2D eigenvalue weighted by Gasteiger charge is -2.09. The van der Waals surface area contributed by atoms with Crippen LogP contribution >= 0.6 is 0 Å². The van der Waals surface area contributed by atoms with Crippen molar-refractivity contribution in [3.63, 3.8) is 0 Å². The van der Waals surface area contributed by atoms with E-state index in [9.17, 15) is 9.59 Å². The Morgan fingerprint density at radius 2 is 2.43 bits per heavy atom. The molecule has 0 radical (unpaired) electrons. The fourth-order valence-electron chi connectivity index (χ4n) is 1.22. The number of carbonyl (C=O) groups excluding carboxylic acids is 2. The topological polar surface area (TPSA) is 59.5 Å². The molecular weight excluding hydrogens is 184 g/mol. The molecule has 5 heteroatoms. The van der Waals surface area contributed by atoms with Gasteiger partial charge in [0.15, 0.2) is 0 Å². The molecule has 1 aliphatic heterocycles. The van der Waals surface area contributed by atoms with Gasteiger partial charge in [-0.1, -0.05) is 0 Å². The predicted octanol–water partition coefficient (Wildman–Crippen LogP) is 0.674. The SMILES string of the molecule is O=C1OCCN1C(=O)c1cccnc1. The summed E-state index contributed by atoms with van der Waals surface area (Å²) < 4.78 is 4.65. The van der Waals surface area contributed by atoms with Crippen LogP contribution in [0.3, 0.4) is 0 Å². The zero-order chi connectivity index (χ0) is 9.97. The third-order valence-corrected chi connectivity index (χ3v) is 1.91. The normalized spacial score (nSPS) is 15.4. The van der Waals surface area contributed by atoms with Gasteiger partial charge in [-0.15, -0.1) is 0 Å². The Hall–Kier alpha value is -1.91. The molecule has 2 heterocycles. The second-order valence-electron chi connectivity index (χ2n) is 2.81.